The number of nitrogens with zero attached hydrogens (tertiary/aromatic N) is 3. The van der Waals surface area contributed by atoms with Crippen LogP contribution >= 0.6 is 0 Å². The molecule has 2 atom stereocenters. The molecule has 1 amide bonds. The number of carboxylic acid groups (broad SMARTS) is 1. The molecule has 0 radical (unpaired) electrons. The first-order chi connectivity index (χ1) is 12.1. The molecule has 2 heterocycles. The van der Waals surface area contributed by atoms with Crippen molar-refractivity contribution in [3.8, 4) is 5.75 Å². The summed E-state index contributed by atoms with van der Waals surface area (Å²) in [5.74, 6) is -0.796. The maximum absolute atomic E-state index is 12.2. The van der Waals surface area contributed by atoms with E-state index in [4.69, 9.17) is 14.6 Å². The van der Waals surface area contributed by atoms with Gasteiger partial charge in [-0.05, 0) is 25.0 Å². The number of aromatic nitrogens is 3. The van der Waals surface area contributed by atoms with Gasteiger partial charge in [0.25, 0.3) is 5.91 Å². The molecule has 1 aromatic heterocycles. The van der Waals surface area contributed by atoms with Gasteiger partial charge in [0.1, 0.15) is 31.1 Å². The van der Waals surface area contributed by atoms with Crippen molar-refractivity contribution in [2.45, 2.75) is 31.6 Å². The molecule has 2 aromatic rings. The summed E-state index contributed by atoms with van der Waals surface area (Å²) in [4.78, 5) is 26.9. The van der Waals surface area contributed by atoms with Crippen LogP contribution < -0.4 is 10.1 Å². The fourth-order valence-electron chi connectivity index (χ4n) is 2.50. The summed E-state index contributed by atoms with van der Waals surface area (Å²) < 4.78 is 12.5. The van der Waals surface area contributed by atoms with E-state index >= 15 is 0 Å². The Morgan fingerprint density at radius 2 is 2.20 bits per heavy atom. The summed E-state index contributed by atoms with van der Waals surface area (Å²) >= 11 is 0. The third-order valence-electron chi connectivity index (χ3n) is 3.74. The second kappa shape index (κ2) is 7.75. The molecule has 0 saturated carbocycles. The largest absolute Gasteiger partial charge is 0.492 e. The molecule has 0 aliphatic carbocycles. The van der Waals surface area contributed by atoms with Crippen LogP contribution in [0.4, 0.5) is 5.69 Å². The summed E-state index contributed by atoms with van der Waals surface area (Å²) in [5.41, 5.74) is 0.561. The topological polar surface area (TPSA) is 116 Å². The van der Waals surface area contributed by atoms with E-state index in [0.717, 1.165) is 0 Å². The SMILES string of the molecule is O=C(Nc1cccc(OCCn2cncn2)c1)[C@@H]1CC[C@H](C(=O)O)O1. The molecule has 1 fully saturated rings. The number of hydrogen-bond donors (Lipinski definition) is 2. The molecule has 0 bridgehead atoms. The van der Waals surface area contributed by atoms with Crippen LogP contribution in [0.15, 0.2) is 36.9 Å². The number of aliphatic carboxylic acids is 1. The molecule has 132 valence electrons. The minimum atomic E-state index is -1.04. The Morgan fingerprint density at radius 3 is 2.92 bits per heavy atom. The fourth-order valence-corrected chi connectivity index (χ4v) is 2.50. The second-order valence-electron chi connectivity index (χ2n) is 5.55. The Kier molecular flexibility index (Phi) is 5.24. The molecule has 3 rings (SSSR count). The normalized spacial score (nSPS) is 19.5. The number of ether oxygens (including phenoxy) is 2. The van der Waals surface area contributed by atoms with Gasteiger partial charge in [0.2, 0.25) is 0 Å². The number of benzene rings is 1. The van der Waals surface area contributed by atoms with Crippen LogP contribution in [-0.2, 0) is 20.9 Å². The zero-order valence-corrected chi connectivity index (χ0v) is 13.4. The maximum Gasteiger partial charge on any atom is 0.332 e. The number of carboxylic acids is 1. The summed E-state index contributed by atoms with van der Waals surface area (Å²) in [6, 6.07) is 6.97. The summed E-state index contributed by atoms with van der Waals surface area (Å²) in [7, 11) is 0. The molecular weight excluding hydrogens is 328 g/mol. The van der Waals surface area contributed by atoms with Crippen molar-refractivity contribution in [1.29, 1.82) is 0 Å². The highest BCUT2D eigenvalue weighted by molar-refractivity contribution is 5.94. The van der Waals surface area contributed by atoms with E-state index in [1.54, 1.807) is 35.3 Å². The maximum atomic E-state index is 12.2. The number of hydrogen-bond acceptors (Lipinski definition) is 6. The molecule has 2 N–H and O–H groups in total. The summed E-state index contributed by atoms with van der Waals surface area (Å²) in [6.45, 7) is 0.968. The molecule has 9 heteroatoms. The molecule has 9 nitrogen and oxygen atoms in total. The van der Waals surface area contributed by atoms with Crippen LogP contribution in [0.5, 0.6) is 5.75 Å². The molecule has 0 spiro atoms. The van der Waals surface area contributed by atoms with Gasteiger partial charge in [-0.2, -0.15) is 5.10 Å². The van der Waals surface area contributed by atoms with Crippen molar-refractivity contribution in [3.63, 3.8) is 0 Å². The van der Waals surface area contributed by atoms with E-state index in [-0.39, 0.29) is 5.91 Å². The van der Waals surface area contributed by atoms with Crippen LogP contribution in [-0.4, -0.2) is 50.6 Å². The highest BCUT2D eigenvalue weighted by Gasteiger charge is 2.34. The predicted octanol–water partition coefficient (Wildman–Crippen LogP) is 0.928. The van der Waals surface area contributed by atoms with Crippen LogP contribution in [0.25, 0.3) is 0 Å². The van der Waals surface area contributed by atoms with Crippen LogP contribution in [0.3, 0.4) is 0 Å². The van der Waals surface area contributed by atoms with Crippen LogP contribution in [0, 0.1) is 0 Å². The molecule has 1 aromatic carbocycles. The van der Waals surface area contributed by atoms with Crippen molar-refractivity contribution in [2.75, 3.05) is 11.9 Å². The lowest BCUT2D eigenvalue weighted by Crippen LogP contribution is -2.29. The zero-order valence-electron chi connectivity index (χ0n) is 13.4. The number of carbonyl (C=O) groups is 2. The minimum Gasteiger partial charge on any atom is -0.492 e. The Balaban J connectivity index is 1.51. The average molecular weight is 346 g/mol. The van der Waals surface area contributed by atoms with Gasteiger partial charge in [-0.15, -0.1) is 0 Å². The summed E-state index contributed by atoms with van der Waals surface area (Å²) in [6.07, 6.45) is 2.11. The third-order valence-corrected chi connectivity index (χ3v) is 3.74. The number of rotatable bonds is 7. The Bertz CT molecular complexity index is 734. The fraction of sp³-hybridized carbons (Fsp3) is 0.375. The second-order valence-corrected chi connectivity index (χ2v) is 5.55. The quantitative estimate of drug-likeness (QED) is 0.766. The minimum absolute atomic E-state index is 0.332. The first-order valence-corrected chi connectivity index (χ1v) is 7.86. The van der Waals surface area contributed by atoms with Gasteiger partial charge in [0, 0.05) is 11.8 Å². The highest BCUT2D eigenvalue weighted by atomic mass is 16.5. The molecule has 25 heavy (non-hydrogen) atoms. The third kappa shape index (κ3) is 4.54. The van der Waals surface area contributed by atoms with Gasteiger partial charge in [0.05, 0.1) is 6.54 Å². The standard InChI is InChI=1S/C16H18N4O5/c21-15(13-4-5-14(25-13)16(22)23)19-11-2-1-3-12(8-11)24-7-6-20-10-17-9-18-20/h1-3,8-10,13-14H,4-7H2,(H,19,21)(H,22,23)/t13-,14+/m0/s1. The van der Waals surface area contributed by atoms with Gasteiger partial charge in [-0.1, -0.05) is 6.07 Å². The smallest absolute Gasteiger partial charge is 0.332 e. The van der Waals surface area contributed by atoms with E-state index < -0.39 is 18.2 Å². The Morgan fingerprint density at radius 1 is 1.36 bits per heavy atom. The van der Waals surface area contributed by atoms with E-state index in [1.165, 1.54) is 6.33 Å². The first-order valence-electron chi connectivity index (χ1n) is 7.86. The number of carbonyl (C=O) groups excluding carboxylic acids is 1. The van der Waals surface area contributed by atoms with Crippen molar-refractivity contribution in [2.24, 2.45) is 0 Å². The Labute approximate surface area is 143 Å². The molecule has 1 aliphatic heterocycles. The zero-order chi connectivity index (χ0) is 17.6. The Hall–Kier alpha value is -2.94. The van der Waals surface area contributed by atoms with E-state index in [1.807, 2.05) is 0 Å². The van der Waals surface area contributed by atoms with Gasteiger partial charge in [-0.25, -0.2) is 14.5 Å². The molecular formula is C16H18N4O5. The molecule has 1 saturated heterocycles. The average Bonchev–Trinajstić information content (AvgIpc) is 3.27. The van der Waals surface area contributed by atoms with E-state index in [2.05, 4.69) is 15.4 Å². The van der Waals surface area contributed by atoms with Crippen molar-refractivity contribution in [1.82, 2.24) is 14.8 Å². The first kappa shape index (κ1) is 16.9. The monoisotopic (exact) mass is 346 g/mol. The molecule has 1 aliphatic rings. The van der Waals surface area contributed by atoms with E-state index in [0.29, 0.717) is 37.4 Å². The number of anilines is 1. The van der Waals surface area contributed by atoms with Crippen molar-refractivity contribution in [3.05, 3.63) is 36.9 Å². The highest BCUT2D eigenvalue weighted by Crippen LogP contribution is 2.23. The van der Waals surface area contributed by atoms with Crippen LogP contribution in [0.2, 0.25) is 0 Å². The van der Waals surface area contributed by atoms with Crippen molar-refractivity contribution >= 4 is 17.6 Å². The van der Waals surface area contributed by atoms with Gasteiger partial charge in [0.15, 0.2) is 6.10 Å². The lowest BCUT2D eigenvalue weighted by atomic mass is 10.2. The molecule has 0 unspecified atom stereocenters. The van der Waals surface area contributed by atoms with Crippen LogP contribution in [0.1, 0.15) is 12.8 Å². The number of nitrogens with one attached hydrogen (secondary N) is 1. The van der Waals surface area contributed by atoms with Gasteiger partial charge < -0.3 is 19.9 Å². The summed E-state index contributed by atoms with van der Waals surface area (Å²) in [5, 5.41) is 15.6. The van der Waals surface area contributed by atoms with Gasteiger partial charge >= 0.3 is 5.97 Å². The lowest BCUT2D eigenvalue weighted by Gasteiger charge is -2.13. The lowest BCUT2D eigenvalue weighted by molar-refractivity contribution is -0.150. The van der Waals surface area contributed by atoms with Crippen molar-refractivity contribution < 1.29 is 24.2 Å². The van der Waals surface area contributed by atoms with E-state index in [9.17, 15) is 9.59 Å². The van der Waals surface area contributed by atoms with Gasteiger partial charge in [-0.3, -0.25) is 4.79 Å². The predicted molar refractivity (Wildman–Crippen MR) is 86.1 cm³/mol. The number of amides is 1.